The van der Waals surface area contributed by atoms with Crippen LogP contribution >= 0.6 is 0 Å². The molecular formula is C16H34N2O3. The van der Waals surface area contributed by atoms with E-state index in [2.05, 4.69) is 10.6 Å². The topological polar surface area (TPSA) is 78.4 Å². The maximum Gasteiger partial charge on any atom is 0.226 e. The molecule has 2 atom stereocenters. The Morgan fingerprint density at radius 1 is 1.14 bits per heavy atom. The van der Waals surface area contributed by atoms with E-state index in [1.807, 2.05) is 41.5 Å². The zero-order chi connectivity index (χ0) is 17.3. The van der Waals surface area contributed by atoms with Gasteiger partial charge in [0, 0.05) is 24.4 Å². The Morgan fingerprint density at radius 3 is 1.95 bits per heavy atom. The zero-order valence-corrected chi connectivity index (χ0v) is 15.0. The van der Waals surface area contributed by atoms with Crippen molar-refractivity contribution in [1.29, 1.82) is 0 Å². The van der Waals surface area contributed by atoms with Crippen LogP contribution in [-0.2, 0) is 9.59 Å². The molecule has 0 heterocycles. The minimum absolute atomic E-state index is 0.0736. The fourth-order valence-corrected chi connectivity index (χ4v) is 2.21. The van der Waals surface area contributed by atoms with Gasteiger partial charge in [0.05, 0.1) is 6.10 Å². The van der Waals surface area contributed by atoms with E-state index in [1.54, 1.807) is 14.0 Å². The Hall–Kier alpha value is -1.10. The van der Waals surface area contributed by atoms with E-state index in [0.29, 0.717) is 12.8 Å². The van der Waals surface area contributed by atoms with E-state index in [0.717, 1.165) is 0 Å². The molecule has 0 spiro atoms. The molecule has 0 saturated heterocycles. The number of carbonyl (C=O) groups is 2. The normalized spacial score (nSPS) is 15.1. The highest BCUT2D eigenvalue weighted by molar-refractivity contribution is 5.85. The van der Waals surface area contributed by atoms with Crippen molar-refractivity contribution in [3.63, 3.8) is 0 Å². The molecule has 0 aromatic rings. The van der Waals surface area contributed by atoms with E-state index in [4.69, 9.17) is 0 Å². The molecule has 0 aliphatic heterocycles. The van der Waals surface area contributed by atoms with E-state index in [-0.39, 0.29) is 18.4 Å². The molecule has 2 unspecified atom stereocenters. The summed E-state index contributed by atoms with van der Waals surface area (Å²) < 4.78 is 0. The van der Waals surface area contributed by atoms with Gasteiger partial charge in [0.2, 0.25) is 11.8 Å². The Bertz CT molecular complexity index is 327. The Morgan fingerprint density at radius 2 is 1.62 bits per heavy atom. The predicted molar refractivity (Wildman–Crippen MR) is 86.9 cm³/mol. The standard InChI is InChI=1S/C14H28N2O3.C2H6/c1-7-14(5,12(19)16-8-10(2)17)9-13(3,4)11(18)15-6;1-2/h10,17H,7-9H2,1-6H3,(H,15,18)(H,16,19);1-2H3. The van der Waals surface area contributed by atoms with Crippen LogP contribution in [-0.4, -0.2) is 36.6 Å². The monoisotopic (exact) mass is 302 g/mol. The van der Waals surface area contributed by atoms with Crippen molar-refractivity contribution in [2.24, 2.45) is 10.8 Å². The predicted octanol–water partition coefficient (Wildman–Crippen LogP) is 2.09. The SMILES string of the molecule is CC.CCC(C)(CC(C)(C)C(=O)NC)C(=O)NCC(C)O. The van der Waals surface area contributed by atoms with Gasteiger partial charge in [0.15, 0.2) is 0 Å². The van der Waals surface area contributed by atoms with Crippen molar-refractivity contribution in [3.05, 3.63) is 0 Å². The van der Waals surface area contributed by atoms with Gasteiger partial charge in [-0.1, -0.05) is 41.5 Å². The van der Waals surface area contributed by atoms with Crippen LogP contribution in [0, 0.1) is 10.8 Å². The smallest absolute Gasteiger partial charge is 0.226 e. The largest absolute Gasteiger partial charge is 0.392 e. The summed E-state index contributed by atoms with van der Waals surface area (Å²) in [4.78, 5) is 24.1. The highest BCUT2D eigenvalue weighted by atomic mass is 16.3. The van der Waals surface area contributed by atoms with Crippen LogP contribution < -0.4 is 10.6 Å². The van der Waals surface area contributed by atoms with Gasteiger partial charge >= 0.3 is 0 Å². The minimum Gasteiger partial charge on any atom is -0.392 e. The van der Waals surface area contributed by atoms with Crippen LogP contribution in [0.25, 0.3) is 0 Å². The highest BCUT2D eigenvalue weighted by Gasteiger charge is 2.40. The molecule has 0 aromatic heterocycles. The van der Waals surface area contributed by atoms with Gasteiger partial charge in [-0.3, -0.25) is 9.59 Å². The lowest BCUT2D eigenvalue weighted by atomic mass is 9.71. The zero-order valence-electron chi connectivity index (χ0n) is 15.0. The van der Waals surface area contributed by atoms with Gasteiger partial charge in [-0.25, -0.2) is 0 Å². The van der Waals surface area contributed by atoms with Gasteiger partial charge in [-0.15, -0.1) is 0 Å². The van der Waals surface area contributed by atoms with Crippen molar-refractivity contribution >= 4 is 11.8 Å². The second-order valence-electron chi connectivity index (χ2n) is 6.11. The van der Waals surface area contributed by atoms with Crippen molar-refractivity contribution in [1.82, 2.24) is 10.6 Å². The maximum atomic E-state index is 12.2. The second kappa shape index (κ2) is 9.77. The summed E-state index contributed by atoms with van der Waals surface area (Å²) in [5.41, 5.74) is -1.23. The van der Waals surface area contributed by atoms with Crippen LogP contribution in [0.3, 0.4) is 0 Å². The molecule has 5 heteroatoms. The van der Waals surface area contributed by atoms with E-state index >= 15 is 0 Å². The number of rotatable bonds is 7. The molecule has 126 valence electrons. The molecule has 21 heavy (non-hydrogen) atoms. The van der Waals surface area contributed by atoms with E-state index in [9.17, 15) is 14.7 Å². The first-order chi connectivity index (χ1) is 9.59. The summed E-state index contributed by atoms with van der Waals surface area (Å²) in [5, 5.41) is 14.6. The van der Waals surface area contributed by atoms with Gasteiger partial charge in [0.1, 0.15) is 0 Å². The summed E-state index contributed by atoms with van der Waals surface area (Å²) in [7, 11) is 1.60. The number of amides is 2. The molecule has 0 aliphatic carbocycles. The van der Waals surface area contributed by atoms with E-state index in [1.165, 1.54) is 0 Å². The maximum absolute atomic E-state index is 12.2. The molecule has 0 saturated carbocycles. The molecule has 0 fully saturated rings. The van der Waals surface area contributed by atoms with Crippen LogP contribution in [0.15, 0.2) is 0 Å². The van der Waals surface area contributed by atoms with Crippen LogP contribution in [0.1, 0.15) is 61.3 Å². The highest BCUT2D eigenvalue weighted by Crippen LogP contribution is 2.36. The third-order valence-corrected chi connectivity index (χ3v) is 3.56. The fourth-order valence-electron chi connectivity index (χ4n) is 2.21. The van der Waals surface area contributed by atoms with Crippen LogP contribution in [0.2, 0.25) is 0 Å². The van der Waals surface area contributed by atoms with Gasteiger partial charge in [-0.05, 0) is 19.8 Å². The molecule has 0 aromatic carbocycles. The molecule has 0 radical (unpaired) electrons. The molecule has 2 amide bonds. The van der Waals surface area contributed by atoms with Crippen molar-refractivity contribution in [2.45, 2.75) is 67.4 Å². The van der Waals surface area contributed by atoms with Gasteiger partial charge < -0.3 is 15.7 Å². The van der Waals surface area contributed by atoms with Crippen LogP contribution in [0.4, 0.5) is 0 Å². The summed E-state index contributed by atoms with van der Waals surface area (Å²) >= 11 is 0. The van der Waals surface area contributed by atoms with Crippen molar-refractivity contribution in [3.8, 4) is 0 Å². The number of aliphatic hydroxyl groups excluding tert-OH is 1. The van der Waals surface area contributed by atoms with Crippen molar-refractivity contribution in [2.75, 3.05) is 13.6 Å². The van der Waals surface area contributed by atoms with Crippen molar-refractivity contribution < 1.29 is 14.7 Å². The minimum atomic E-state index is -0.620. The lowest BCUT2D eigenvalue weighted by molar-refractivity contribution is -0.137. The fraction of sp³-hybridized carbons (Fsp3) is 0.875. The molecule has 0 rings (SSSR count). The number of hydrogen-bond donors (Lipinski definition) is 3. The summed E-state index contributed by atoms with van der Waals surface area (Å²) in [5.74, 6) is -0.191. The van der Waals surface area contributed by atoms with Gasteiger partial charge in [-0.2, -0.15) is 0 Å². The average molecular weight is 302 g/mol. The third kappa shape index (κ3) is 7.46. The second-order valence-corrected chi connectivity index (χ2v) is 6.11. The first kappa shape index (κ1) is 22.2. The molecule has 0 aliphatic rings. The van der Waals surface area contributed by atoms with E-state index < -0.39 is 16.9 Å². The summed E-state index contributed by atoms with van der Waals surface area (Å²) in [6, 6.07) is 0. The first-order valence-electron chi connectivity index (χ1n) is 7.77. The summed E-state index contributed by atoms with van der Waals surface area (Å²) in [6.45, 7) is 13.3. The molecule has 3 N–H and O–H groups in total. The first-order valence-corrected chi connectivity index (χ1v) is 7.77. The molecular weight excluding hydrogens is 268 g/mol. The third-order valence-electron chi connectivity index (χ3n) is 3.56. The lowest BCUT2D eigenvalue weighted by Crippen LogP contribution is -2.46. The number of hydrogen-bond acceptors (Lipinski definition) is 3. The number of carbonyl (C=O) groups excluding carboxylic acids is 2. The molecule has 5 nitrogen and oxygen atoms in total. The number of aliphatic hydroxyl groups is 1. The lowest BCUT2D eigenvalue weighted by Gasteiger charge is -2.34. The number of nitrogens with one attached hydrogen (secondary N) is 2. The Labute approximate surface area is 129 Å². The summed E-state index contributed by atoms with van der Waals surface area (Å²) in [6.07, 6.45) is 0.526. The average Bonchev–Trinajstić information content (AvgIpc) is 2.44. The quantitative estimate of drug-likeness (QED) is 0.674. The Balaban J connectivity index is 0. The Kier molecular flexibility index (Phi) is 10.3. The van der Waals surface area contributed by atoms with Crippen LogP contribution in [0.5, 0.6) is 0 Å². The van der Waals surface area contributed by atoms with Gasteiger partial charge in [0.25, 0.3) is 0 Å². The molecule has 0 bridgehead atoms.